The number of ether oxygens (including phenoxy) is 2. The van der Waals surface area contributed by atoms with E-state index in [9.17, 15) is 19.7 Å². The molecule has 10 heteroatoms. The quantitative estimate of drug-likeness (QED) is 0.164. The normalized spacial score (nSPS) is 14.9. The molecule has 0 N–H and O–H groups in total. The third kappa shape index (κ3) is 4.50. The highest BCUT2D eigenvalue weighted by atomic mass is 32.2. The molecule has 30 heavy (non-hydrogen) atoms. The second-order valence-electron chi connectivity index (χ2n) is 6.03. The summed E-state index contributed by atoms with van der Waals surface area (Å²) in [7, 11) is 1.43. The Balaban J connectivity index is 1.80. The molecule has 1 fully saturated rings. The molecule has 1 aliphatic rings. The lowest BCUT2D eigenvalue weighted by Gasteiger charge is -2.10. The van der Waals surface area contributed by atoms with Gasteiger partial charge in [0.15, 0.2) is 11.5 Å². The van der Waals surface area contributed by atoms with E-state index in [4.69, 9.17) is 21.7 Å². The third-order valence-corrected chi connectivity index (χ3v) is 5.57. The summed E-state index contributed by atoms with van der Waals surface area (Å²) in [6, 6.07) is 9.95. The highest BCUT2D eigenvalue weighted by Gasteiger charge is 2.30. The molecule has 1 aliphatic heterocycles. The highest BCUT2D eigenvalue weighted by Crippen LogP contribution is 2.34. The van der Waals surface area contributed by atoms with Crippen LogP contribution in [0.5, 0.6) is 11.5 Å². The number of hydrogen-bond donors (Lipinski definition) is 0. The van der Waals surface area contributed by atoms with Crippen molar-refractivity contribution in [2.75, 3.05) is 13.7 Å². The SMILES string of the molecule is CCN1C(=O)/C(=C\c2ccc(OC(=O)c3ccc([N+](=O)[O-])cc3)c(OC)c2)SC1=S. The summed E-state index contributed by atoms with van der Waals surface area (Å²) in [6.45, 7) is 2.35. The predicted octanol–water partition coefficient (Wildman–Crippen LogP) is 4.04. The monoisotopic (exact) mass is 444 g/mol. The smallest absolute Gasteiger partial charge is 0.343 e. The molecule has 0 aromatic heterocycles. The Morgan fingerprint density at radius 1 is 1.23 bits per heavy atom. The van der Waals surface area contributed by atoms with Gasteiger partial charge in [0.05, 0.1) is 22.5 Å². The van der Waals surface area contributed by atoms with E-state index < -0.39 is 10.9 Å². The zero-order chi connectivity index (χ0) is 21.8. The van der Waals surface area contributed by atoms with Crippen molar-refractivity contribution in [3.05, 3.63) is 68.6 Å². The van der Waals surface area contributed by atoms with Crippen molar-refractivity contribution in [3.8, 4) is 11.5 Å². The van der Waals surface area contributed by atoms with Crippen LogP contribution in [-0.2, 0) is 4.79 Å². The molecule has 3 rings (SSSR count). The number of amides is 1. The van der Waals surface area contributed by atoms with Gasteiger partial charge in [0.1, 0.15) is 4.32 Å². The number of rotatable bonds is 6. The van der Waals surface area contributed by atoms with Crippen LogP contribution < -0.4 is 9.47 Å². The molecule has 0 saturated carbocycles. The van der Waals surface area contributed by atoms with Crippen LogP contribution >= 0.6 is 24.0 Å². The molecule has 2 aromatic carbocycles. The fourth-order valence-electron chi connectivity index (χ4n) is 2.66. The molecule has 154 valence electrons. The van der Waals surface area contributed by atoms with Crippen molar-refractivity contribution in [2.24, 2.45) is 0 Å². The predicted molar refractivity (Wildman–Crippen MR) is 117 cm³/mol. The van der Waals surface area contributed by atoms with E-state index in [2.05, 4.69) is 0 Å². The molecule has 0 radical (unpaired) electrons. The van der Waals surface area contributed by atoms with Crippen LogP contribution in [0.1, 0.15) is 22.8 Å². The topological polar surface area (TPSA) is 99.0 Å². The zero-order valence-corrected chi connectivity index (χ0v) is 17.6. The lowest BCUT2D eigenvalue weighted by Crippen LogP contribution is -2.27. The van der Waals surface area contributed by atoms with Crippen LogP contribution in [0.3, 0.4) is 0 Å². The number of likely N-dealkylation sites (N-methyl/N-ethyl adjacent to an activating group) is 1. The number of nitro benzene ring substituents is 1. The van der Waals surface area contributed by atoms with Crippen LogP contribution in [0.2, 0.25) is 0 Å². The minimum Gasteiger partial charge on any atom is -0.493 e. The lowest BCUT2D eigenvalue weighted by atomic mass is 10.1. The summed E-state index contributed by atoms with van der Waals surface area (Å²) >= 11 is 6.43. The molecule has 0 atom stereocenters. The van der Waals surface area contributed by atoms with E-state index in [0.717, 1.165) is 0 Å². The molecule has 0 unspecified atom stereocenters. The van der Waals surface area contributed by atoms with Crippen molar-refractivity contribution in [1.29, 1.82) is 0 Å². The first-order valence-electron chi connectivity index (χ1n) is 8.74. The van der Waals surface area contributed by atoms with Gasteiger partial charge < -0.3 is 9.47 Å². The molecule has 8 nitrogen and oxygen atoms in total. The summed E-state index contributed by atoms with van der Waals surface area (Å²) in [6.07, 6.45) is 1.69. The van der Waals surface area contributed by atoms with Gasteiger partial charge in [-0.1, -0.05) is 30.0 Å². The van der Waals surface area contributed by atoms with E-state index >= 15 is 0 Å². The molecule has 0 aliphatic carbocycles. The Bertz CT molecular complexity index is 1070. The van der Waals surface area contributed by atoms with Gasteiger partial charge in [0.2, 0.25) is 0 Å². The molecular formula is C20H16N2O6S2. The number of carbonyl (C=O) groups is 2. The first-order valence-corrected chi connectivity index (χ1v) is 9.96. The summed E-state index contributed by atoms with van der Waals surface area (Å²) in [4.78, 5) is 36.9. The molecule has 1 heterocycles. The van der Waals surface area contributed by atoms with Gasteiger partial charge in [-0.25, -0.2) is 4.79 Å². The lowest BCUT2D eigenvalue weighted by molar-refractivity contribution is -0.384. The minimum absolute atomic E-state index is 0.123. The van der Waals surface area contributed by atoms with Crippen molar-refractivity contribution >= 4 is 51.9 Å². The van der Waals surface area contributed by atoms with Gasteiger partial charge in [-0.05, 0) is 42.8 Å². The van der Waals surface area contributed by atoms with Crippen LogP contribution in [-0.4, -0.2) is 39.7 Å². The number of benzene rings is 2. The number of non-ortho nitro benzene ring substituents is 1. The molecule has 0 spiro atoms. The maximum Gasteiger partial charge on any atom is 0.343 e. The fourth-order valence-corrected chi connectivity index (χ4v) is 4.04. The number of thioether (sulfide) groups is 1. The van der Waals surface area contributed by atoms with Crippen molar-refractivity contribution < 1.29 is 24.0 Å². The summed E-state index contributed by atoms with van der Waals surface area (Å²) in [5.41, 5.74) is 0.718. The number of hydrogen-bond acceptors (Lipinski definition) is 8. The number of esters is 1. The number of nitrogens with zero attached hydrogens (tertiary/aromatic N) is 2. The fraction of sp³-hybridized carbons (Fsp3) is 0.150. The number of nitro groups is 1. The number of carbonyl (C=O) groups excluding carboxylic acids is 2. The second-order valence-corrected chi connectivity index (χ2v) is 7.71. The molecule has 0 bridgehead atoms. The Labute approximate surface area is 181 Å². The average Bonchev–Trinajstić information content (AvgIpc) is 3.01. The summed E-state index contributed by atoms with van der Waals surface area (Å²) in [5, 5.41) is 10.7. The third-order valence-electron chi connectivity index (χ3n) is 4.19. The van der Waals surface area contributed by atoms with Crippen LogP contribution in [0.4, 0.5) is 5.69 Å². The Kier molecular flexibility index (Phi) is 6.48. The Hall–Kier alpha value is -3.24. The van der Waals surface area contributed by atoms with Gasteiger partial charge in [-0.2, -0.15) is 0 Å². The standard InChI is InChI=1S/C20H16N2O6S2/c1-3-21-18(23)17(30-20(21)29)11-12-4-9-15(16(10-12)27-2)28-19(24)13-5-7-14(8-6-13)22(25)26/h4-11H,3H2,1-2H3/b17-11+. The van der Waals surface area contributed by atoms with Crippen LogP contribution in [0.15, 0.2) is 47.4 Å². The van der Waals surface area contributed by atoms with E-state index in [1.54, 1.807) is 24.3 Å². The average molecular weight is 444 g/mol. The van der Waals surface area contributed by atoms with Crippen molar-refractivity contribution in [3.63, 3.8) is 0 Å². The zero-order valence-electron chi connectivity index (χ0n) is 16.0. The molecule has 1 saturated heterocycles. The molecule has 1 amide bonds. The van der Waals surface area contributed by atoms with E-state index in [0.29, 0.717) is 27.1 Å². The minimum atomic E-state index is -0.681. The van der Waals surface area contributed by atoms with E-state index in [1.807, 2.05) is 6.92 Å². The van der Waals surface area contributed by atoms with Gasteiger partial charge in [-0.15, -0.1) is 0 Å². The van der Waals surface area contributed by atoms with Crippen molar-refractivity contribution in [1.82, 2.24) is 4.90 Å². The maximum atomic E-state index is 12.3. The Morgan fingerprint density at radius 2 is 1.93 bits per heavy atom. The largest absolute Gasteiger partial charge is 0.493 e. The van der Waals surface area contributed by atoms with Gasteiger partial charge in [0, 0.05) is 18.7 Å². The maximum absolute atomic E-state index is 12.3. The summed E-state index contributed by atoms with van der Waals surface area (Å²) in [5.74, 6) is -0.357. The van der Waals surface area contributed by atoms with Crippen LogP contribution in [0.25, 0.3) is 6.08 Å². The van der Waals surface area contributed by atoms with Gasteiger partial charge in [-0.3, -0.25) is 19.8 Å². The highest BCUT2D eigenvalue weighted by molar-refractivity contribution is 8.26. The van der Waals surface area contributed by atoms with Crippen molar-refractivity contribution in [2.45, 2.75) is 6.92 Å². The second kappa shape index (κ2) is 9.06. The summed E-state index contributed by atoms with van der Waals surface area (Å²) < 4.78 is 11.2. The molecule has 2 aromatic rings. The Morgan fingerprint density at radius 3 is 2.50 bits per heavy atom. The van der Waals surface area contributed by atoms with E-state index in [1.165, 1.54) is 48.0 Å². The van der Waals surface area contributed by atoms with Gasteiger partial charge >= 0.3 is 5.97 Å². The number of methoxy groups -OCH3 is 1. The number of thiocarbonyl (C=S) groups is 1. The molecular weight excluding hydrogens is 428 g/mol. The first-order chi connectivity index (χ1) is 14.3. The van der Waals surface area contributed by atoms with Gasteiger partial charge in [0.25, 0.3) is 11.6 Å². The van der Waals surface area contributed by atoms with E-state index in [-0.39, 0.29) is 22.9 Å². The first kappa shape index (κ1) is 21.5. The van der Waals surface area contributed by atoms with Crippen LogP contribution in [0, 0.1) is 10.1 Å².